The number of benzene rings is 1. The second-order valence-corrected chi connectivity index (χ2v) is 4.96. The molecule has 0 saturated heterocycles. The minimum atomic E-state index is -0.175. The molecule has 0 atom stereocenters. The standard InChI is InChI=1S/C15H12ClN3O/c1-10-2-4-12(16)8-13(10)18-15(20)11-3-5-14-17-6-7-19(14)9-11/h2-9H,1H3,(H,18,20). The quantitative estimate of drug-likeness (QED) is 0.783. The lowest BCUT2D eigenvalue weighted by Crippen LogP contribution is -2.13. The van der Waals surface area contributed by atoms with Gasteiger partial charge in [-0.3, -0.25) is 4.79 Å². The first-order chi connectivity index (χ1) is 9.63. The number of hydrogen-bond donors (Lipinski definition) is 1. The van der Waals surface area contributed by atoms with Crippen LogP contribution in [0.2, 0.25) is 5.02 Å². The summed E-state index contributed by atoms with van der Waals surface area (Å²) >= 11 is 5.95. The number of amides is 1. The summed E-state index contributed by atoms with van der Waals surface area (Å²) in [5, 5.41) is 3.46. The number of nitrogens with zero attached hydrogens (tertiary/aromatic N) is 2. The van der Waals surface area contributed by atoms with Crippen LogP contribution in [0, 0.1) is 6.92 Å². The van der Waals surface area contributed by atoms with Gasteiger partial charge in [0, 0.05) is 29.3 Å². The first-order valence-electron chi connectivity index (χ1n) is 6.14. The van der Waals surface area contributed by atoms with Crippen molar-refractivity contribution in [2.24, 2.45) is 0 Å². The number of halogens is 1. The van der Waals surface area contributed by atoms with Gasteiger partial charge in [-0.15, -0.1) is 0 Å². The Hall–Kier alpha value is -2.33. The Morgan fingerprint density at radius 2 is 2.15 bits per heavy atom. The number of hydrogen-bond acceptors (Lipinski definition) is 2. The number of nitrogens with one attached hydrogen (secondary N) is 1. The van der Waals surface area contributed by atoms with Gasteiger partial charge in [-0.2, -0.15) is 0 Å². The van der Waals surface area contributed by atoms with E-state index in [1.807, 2.05) is 13.0 Å². The van der Waals surface area contributed by atoms with Crippen LogP contribution in [0.5, 0.6) is 0 Å². The highest BCUT2D eigenvalue weighted by atomic mass is 35.5. The van der Waals surface area contributed by atoms with Crippen molar-refractivity contribution >= 4 is 28.8 Å². The molecular formula is C15H12ClN3O. The molecule has 0 aliphatic heterocycles. The van der Waals surface area contributed by atoms with E-state index in [9.17, 15) is 4.79 Å². The minimum absolute atomic E-state index is 0.175. The SMILES string of the molecule is Cc1ccc(Cl)cc1NC(=O)c1ccc2nccn2c1. The average Bonchev–Trinajstić information content (AvgIpc) is 2.90. The van der Waals surface area contributed by atoms with Crippen molar-refractivity contribution in [1.82, 2.24) is 9.38 Å². The summed E-state index contributed by atoms with van der Waals surface area (Å²) in [7, 11) is 0. The first-order valence-corrected chi connectivity index (χ1v) is 6.51. The van der Waals surface area contributed by atoms with Crippen molar-refractivity contribution in [2.75, 3.05) is 5.32 Å². The third kappa shape index (κ3) is 2.38. The summed E-state index contributed by atoms with van der Waals surface area (Å²) in [6.07, 6.45) is 5.24. The zero-order valence-corrected chi connectivity index (χ0v) is 11.6. The minimum Gasteiger partial charge on any atom is -0.322 e. The maximum Gasteiger partial charge on any atom is 0.257 e. The fraction of sp³-hybridized carbons (Fsp3) is 0.0667. The highest BCUT2D eigenvalue weighted by molar-refractivity contribution is 6.31. The Morgan fingerprint density at radius 1 is 1.30 bits per heavy atom. The van der Waals surface area contributed by atoms with Crippen LogP contribution in [0.3, 0.4) is 0 Å². The Labute approximate surface area is 121 Å². The number of carbonyl (C=O) groups is 1. The van der Waals surface area contributed by atoms with Gasteiger partial charge in [0.2, 0.25) is 0 Å². The second-order valence-electron chi connectivity index (χ2n) is 4.52. The van der Waals surface area contributed by atoms with Gasteiger partial charge < -0.3 is 9.72 Å². The van der Waals surface area contributed by atoms with Crippen molar-refractivity contribution < 1.29 is 4.79 Å². The number of carbonyl (C=O) groups excluding carboxylic acids is 1. The largest absolute Gasteiger partial charge is 0.322 e. The molecule has 0 fully saturated rings. The monoisotopic (exact) mass is 285 g/mol. The lowest BCUT2D eigenvalue weighted by molar-refractivity contribution is 0.102. The van der Waals surface area contributed by atoms with E-state index in [1.165, 1.54) is 0 Å². The molecule has 100 valence electrons. The number of fused-ring (bicyclic) bond motifs is 1. The van der Waals surface area contributed by atoms with E-state index in [0.717, 1.165) is 11.2 Å². The van der Waals surface area contributed by atoms with Crippen LogP contribution in [0.4, 0.5) is 5.69 Å². The van der Waals surface area contributed by atoms with Crippen LogP contribution in [0.25, 0.3) is 5.65 Å². The van der Waals surface area contributed by atoms with Crippen molar-refractivity contribution in [3.8, 4) is 0 Å². The molecule has 1 aromatic carbocycles. The van der Waals surface area contributed by atoms with E-state index in [4.69, 9.17) is 11.6 Å². The van der Waals surface area contributed by atoms with Gasteiger partial charge in [0.25, 0.3) is 5.91 Å². The van der Waals surface area contributed by atoms with Gasteiger partial charge >= 0.3 is 0 Å². The first kappa shape index (κ1) is 12.7. The van der Waals surface area contributed by atoms with E-state index in [1.54, 1.807) is 47.3 Å². The predicted octanol–water partition coefficient (Wildman–Crippen LogP) is 3.55. The van der Waals surface area contributed by atoms with Gasteiger partial charge in [0.05, 0.1) is 5.56 Å². The average molecular weight is 286 g/mol. The summed E-state index contributed by atoms with van der Waals surface area (Å²) in [6.45, 7) is 1.92. The molecule has 0 radical (unpaired) electrons. The third-order valence-electron chi connectivity index (χ3n) is 3.10. The van der Waals surface area contributed by atoms with E-state index < -0.39 is 0 Å². The van der Waals surface area contributed by atoms with Crippen molar-refractivity contribution in [3.05, 3.63) is 65.1 Å². The predicted molar refractivity (Wildman–Crippen MR) is 79.3 cm³/mol. The van der Waals surface area contributed by atoms with Gasteiger partial charge in [0.1, 0.15) is 5.65 Å². The van der Waals surface area contributed by atoms with E-state index in [0.29, 0.717) is 16.3 Å². The summed E-state index contributed by atoms with van der Waals surface area (Å²) in [4.78, 5) is 16.4. The summed E-state index contributed by atoms with van der Waals surface area (Å²) < 4.78 is 1.81. The molecular weight excluding hydrogens is 274 g/mol. The zero-order valence-electron chi connectivity index (χ0n) is 10.8. The molecule has 0 aliphatic carbocycles. The van der Waals surface area contributed by atoms with E-state index >= 15 is 0 Å². The Kier molecular flexibility index (Phi) is 3.16. The molecule has 2 heterocycles. The molecule has 1 N–H and O–H groups in total. The van der Waals surface area contributed by atoms with Crippen LogP contribution in [0.1, 0.15) is 15.9 Å². The number of pyridine rings is 1. The van der Waals surface area contributed by atoms with Crippen LogP contribution >= 0.6 is 11.6 Å². The maximum atomic E-state index is 12.3. The van der Waals surface area contributed by atoms with Gasteiger partial charge in [-0.05, 0) is 36.8 Å². The lowest BCUT2D eigenvalue weighted by Gasteiger charge is -2.09. The van der Waals surface area contributed by atoms with Crippen LogP contribution in [-0.4, -0.2) is 15.3 Å². The molecule has 0 bridgehead atoms. The molecule has 0 saturated carbocycles. The summed E-state index contributed by atoms with van der Waals surface area (Å²) in [5.74, 6) is -0.175. The molecule has 4 nitrogen and oxygen atoms in total. The molecule has 0 unspecified atom stereocenters. The fourth-order valence-electron chi connectivity index (χ4n) is 1.98. The third-order valence-corrected chi connectivity index (χ3v) is 3.33. The molecule has 0 aliphatic rings. The van der Waals surface area contributed by atoms with Gasteiger partial charge in [0.15, 0.2) is 0 Å². The van der Waals surface area contributed by atoms with Crippen molar-refractivity contribution in [3.63, 3.8) is 0 Å². The number of aryl methyl sites for hydroxylation is 1. The van der Waals surface area contributed by atoms with E-state index in [-0.39, 0.29) is 5.91 Å². The van der Waals surface area contributed by atoms with Gasteiger partial charge in [-0.25, -0.2) is 4.98 Å². The Morgan fingerprint density at radius 3 is 3.00 bits per heavy atom. The highest BCUT2D eigenvalue weighted by Gasteiger charge is 2.09. The Balaban J connectivity index is 1.90. The van der Waals surface area contributed by atoms with Crippen LogP contribution < -0.4 is 5.32 Å². The number of anilines is 1. The van der Waals surface area contributed by atoms with Gasteiger partial charge in [-0.1, -0.05) is 17.7 Å². The molecule has 0 spiro atoms. The zero-order chi connectivity index (χ0) is 14.1. The fourth-order valence-corrected chi connectivity index (χ4v) is 2.15. The van der Waals surface area contributed by atoms with Crippen LogP contribution in [0.15, 0.2) is 48.9 Å². The molecule has 3 aromatic rings. The van der Waals surface area contributed by atoms with Crippen LogP contribution in [-0.2, 0) is 0 Å². The van der Waals surface area contributed by atoms with Crippen molar-refractivity contribution in [2.45, 2.75) is 6.92 Å². The molecule has 3 rings (SSSR count). The maximum absolute atomic E-state index is 12.3. The summed E-state index contributed by atoms with van der Waals surface area (Å²) in [5.41, 5.74) is 3.05. The lowest BCUT2D eigenvalue weighted by atomic mass is 10.2. The topological polar surface area (TPSA) is 46.4 Å². The highest BCUT2D eigenvalue weighted by Crippen LogP contribution is 2.21. The Bertz CT molecular complexity index is 795. The molecule has 20 heavy (non-hydrogen) atoms. The number of rotatable bonds is 2. The molecule has 1 amide bonds. The smallest absolute Gasteiger partial charge is 0.257 e. The molecule has 5 heteroatoms. The summed E-state index contributed by atoms with van der Waals surface area (Å²) in [6, 6.07) is 8.96. The second kappa shape index (κ2) is 4.98. The normalized spacial score (nSPS) is 10.7. The number of aromatic nitrogens is 2. The van der Waals surface area contributed by atoms with E-state index in [2.05, 4.69) is 10.3 Å². The molecule has 2 aromatic heterocycles. The number of imidazole rings is 1. The van der Waals surface area contributed by atoms with Crippen molar-refractivity contribution in [1.29, 1.82) is 0 Å².